The first-order chi connectivity index (χ1) is 41.0. The molecule has 8 fully saturated rings. The van der Waals surface area contributed by atoms with Gasteiger partial charge in [0.1, 0.15) is 29.3 Å². The molecule has 2 heterocycles. The van der Waals surface area contributed by atoms with Gasteiger partial charge in [-0.2, -0.15) is 43.9 Å². The standard InChI is InChI=1S/C38H45F5O4.C31H39F5O5/c1-33(2)22-46-35(47-23-33)17-15-28-26(19-35)11-14-29-31-16-18-36(44,37(39,40)38(41,42)43)34(31,3)20-30(32(28)29)25-9-12-27(13-10-25)45-21-24-7-5-4-6-8-24;1-25(2)16-40-28(41-17-25)12-9-23-24-20(8-11-27(23,38)15-28)22-10-13-29(39,30(32,33)31(34,35)36)26(22,3)14-21(24)18-4-6-19(37)7-5-18/h4-10,12-13,26,29-31,44H,11,14-23H2,1-3H3;4-7,20-22,37-39H,8-17H2,1-3H3/t26?,29?,30-,31?,34+,36+;20?,21-,22?,26+,27-,29+/m11/s1. The first-order valence-corrected chi connectivity index (χ1v) is 31.6. The Morgan fingerprint density at radius 1 is 0.511 bits per heavy atom. The van der Waals surface area contributed by atoms with Gasteiger partial charge in [-0.15, -0.1) is 0 Å². The second kappa shape index (κ2) is 21.4. The van der Waals surface area contributed by atoms with Crippen LogP contribution in [0.2, 0.25) is 0 Å². The molecule has 3 aromatic rings. The highest BCUT2D eigenvalue weighted by atomic mass is 19.4. The molecule has 0 amide bonds. The lowest BCUT2D eigenvalue weighted by Crippen LogP contribution is -2.65. The van der Waals surface area contributed by atoms with Gasteiger partial charge in [-0.05, 0) is 153 Å². The van der Waals surface area contributed by atoms with Gasteiger partial charge in [0.25, 0.3) is 0 Å². The van der Waals surface area contributed by atoms with Crippen LogP contribution >= 0.6 is 0 Å². The Bertz CT molecular complexity index is 3140. The van der Waals surface area contributed by atoms with E-state index in [1.807, 2.05) is 68.4 Å². The summed E-state index contributed by atoms with van der Waals surface area (Å²) in [6.07, 6.45) is -7.49. The normalized spacial score (nSPS) is 37.3. The number of aliphatic hydroxyl groups is 3. The van der Waals surface area contributed by atoms with Crippen LogP contribution in [0.25, 0.3) is 0 Å². The van der Waals surface area contributed by atoms with E-state index in [4.69, 9.17) is 23.7 Å². The van der Waals surface area contributed by atoms with E-state index < -0.39 is 99.9 Å². The van der Waals surface area contributed by atoms with Crippen LogP contribution in [0.5, 0.6) is 11.5 Å². The summed E-state index contributed by atoms with van der Waals surface area (Å²) in [5.74, 6) is -13.9. The summed E-state index contributed by atoms with van der Waals surface area (Å²) in [5, 5.41) is 45.1. The van der Waals surface area contributed by atoms with E-state index in [-0.39, 0.29) is 66.4 Å². The molecule has 10 aliphatic rings. The minimum Gasteiger partial charge on any atom is -0.508 e. The lowest BCUT2D eigenvalue weighted by Gasteiger charge is -2.59. The summed E-state index contributed by atoms with van der Waals surface area (Å²) in [6.45, 7) is 13.8. The Morgan fingerprint density at radius 3 is 1.51 bits per heavy atom. The molecular formula is C69H84F10O9. The van der Waals surface area contributed by atoms with Crippen LogP contribution in [-0.4, -0.2) is 99.4 Å². The number of ether oxygens (including phenoxy) is 5. The van der Waals surface area contributed by atoms with Crippen molar-refractivity contribution in [2.24, 2.45) is 51.2 Å². The van der Waals surface area contributed by atoms with Gasteiger partial charge in [0.15, 0.2) is 11.6 Å². The highest BCUT2D eigenvalue weighted by Gasteiger charge is 2.81. The highest BCUT2D eigenvalue weighted by Crippen LogP contribution is 2.74. The Kier molecular flexibility index (Phi) is 15.5. The van der Waals surface area contributed by atoms with Crippen molar-refractivity contribution in [1.29, 1.82) is 0 Å². The van der Waals surface area contributed by atoms with Crippen LogP contribution < -0.4 is 4.74 Å². The lowest BCUT2D eigenvalue weighted by atomic mass is 9.49. The number of allylic oxidation sites excluding steroid dienone is 3. The summed E-state index contributed by atoms with van der Waals surface area (Å²) in [7, 11) is 0. The number of halogens is 10. The molecule has 9 nitrogen and oxygen atoms in total. The average Bonchev–Trinajstić information content (AvgIpc) is 1.39. The number of phenols is 1. The van der Waals surface area contributed by atoms with E-state index in [1.165, 1.54) is 37.1 Å². The van der Waals surface area contributed by atoms with Gasteiger partial charge >= 0.3 is 24.2 Å². The number of alkyl halides is 10. The first-order valence-electron chi connectivity index (χ1n) is 31.6. The quantitative estimate of drug-likeness (QED) is 0.135. The molecule has 5 unspecified atom stereocenters. The van der Waals surface area contributed by atoms with Crippen LogP contribution in [0.1, 0.15) is 173 Å². The number of fused-ring (bicyclic) bond motifs is 8. The molecule has 88 heavy (non-hydrogen) atoms. The van der Waals surface area contributed by atoms with Crippen molar-refractivity contribution in [2.45, 2.75) is 215 Å². The third-order valence-corrected chi connectivity index (χ3v) is 23.5. The summed E-state index contributed by atoms with van der Waals surface area (Å²) in [6, 6.07) is 23.5. The zero-order chi connectivity index (χ0) is 63.3. The maximum Gasteiger partial charge on any atom is 0.456 e. The molecule has 12 atom stereocenters. The number of aromatic hydroxyl groups is 1. The molecule has 6 saturated carbocycles. The Balaban J connectivity index is 0.000000173. The van der Waals surface area contributed by atoms with Crippen molar-refractivity contribution in [1.82, 2.24) is 0 Å². The Morgan fingerprint density at radius 2 is 0.989 bits per heavy atom. The van der Waals surface area contributed by atoms with Crippen molar-refractivity contribution >= 4 is 0 Å². The molecule has 4 N–H and O–H groups in total. The lowest BCUT2D eigenvalue weighted by molar-refractivity contribution is -0.362. The van der Waals surface area contributed by atoms with Gasteiger partial charge in [0, 0.05) is 59.2 Å². The minimum absolute atomic E-state index is 0.00176. The number of rotatable bonds is 7. The van der Waals surface area contributed by atoms with Gasteiger partial charge in [-0.25, -0.2) is 0 Å². The Labute approximate surface area is 508 Å². The number of hydrogen-bond acceptors (Lipinski definition) is 9. The van der Waals surface area contributed by atoms with Gasteiger partial charge < -0.3 is 44.1 Å². The highest BCUT2D eigenvalue weighted by molar-refractivity contribution is 5.46. The fraction of sp³-hybridized carbons (Fsp3) is 0.681. The maximum absolute atomic E-state index is 15.4. The predicted octanol–water partition coefficient (Wildman–Crippen LogP) is 16.0. The monoisotopic (exact) mass is 1250 g/mol. The molecule has 2 aliphatic heterocycles. The van der Waals surface area contributed by atoms with Gasteiger partial charge in [-0.1, -0.05) is 113 Å². The molecule has 3 aromatic carbocycles. The largest absolute Gasteiger partial charge is 0.508 e. The van der Waals surface area contributed by atoms with Gasteiger partial charge in [0.2, 0.25) is 0 Å². The van der Waals surface area contributed by atoms with E-state index in [0.717, 1.165) is 35.1 Å². The number of benzene rings is 3. The molecule has 0 aromatic heterocycles. The SMILES string of the molecule is CC1(C)COC2(CCC3=C4C(CCC3C2)C2CC[C@@](O)(C(F)(F)C(F)(F)F)[C@@]2(C)C[C@@H]4c2ccc(OCc3ccccc3)cc2)OC1.CC1(C)COC2(CCC3=C4C(CC[C@@]3(O)C2)C2CC[C@@](O)(C(F)(F)C(F)(F)F)[C@@]2(C)C[C@@H]4c2ccc(O)cc2)OC1. The van der Waals surface area contributed by atoms with E-state index in [9.17, 15) is 46.8 Å². The smallest absolute Gasteiger partial charge is 0.456 e. The third kappa shape index (κ3) is 10.2. The van der Waals surface area contributed by atoms with Gasteiger partial charge in [-0.3, -0.25) is 0 Å². The summed E-state index contributed by atoms with van der Waals surface area (Å²) in [5.41, 5.74) is -4.64. The van der Waals surface area contributed by atoms with E-state index in [2.05, 4.69) is 13.8 Å². The average molecular weight is 1250 g/mol. The number of hydrogen-bond donors (Lipinski definition) is 4. The van der Waals surface area contributed by atoms with Crippen LogP contribution in [0.15, 0.2) is 101 Å². The maximum atomic E-state index is 15.4. The second-order valence-electron chi connectivity index (χ2n) is 30.1. The minimum atomic E-state index is -5.90. The fourth-order valence-corrected chi connectivity index (χ4v) is 18.8. The zero-order valence-corrected chi connectivity index (χ0v) is 51.0. The van der Waals surface area contributed by atoms with Crippen molar-refractivity contribution < 1.29 is 88.0 Å². The van der Waals surface area contributed by atoms with E-state index >= 15 is 17.6 Å². The predicted molar refractivity (Wildman–Crippen MR) is 306 cm³/mol. The Hall–Kier alpha value is -4.24. The molecule has 484 valence electrons. The second-order valence-corrected chi connectivity index (χ2v) is 30.1. The molecule has 8 aliphatic carbocycles. The number of phenolic OH excluding ortho intramolecular Hbond substituents is 1. The molecule has 19 heteroatoms. The molecule has 2 saturated heterocycles. The van der Waals surface area contributed by atoms with Gasteiger partial charge in [0.05, 0.1) is 32.0 Å². The first kappa shape index (κ1) is 63.9. The molecule has 2 spiro atoms. The van der Waals surface area contributed by atoms with Crippen LogP contribution in [0, 0.1) is 51.2 Å². The van der Waals surface area contributed by atoms with Crippen molar-refractivity contribution in [3.8, 4) is 11.5 Å². The summed E-state index contributed by atoms with van der Waals surface area (Å²) < 4.78 is 175. The topological polar surface area (TPSA) is 127 Å². The molecule has 0 bridgehead atoms. The van der Waals surface area contributed by atoms with Crippen molar-refractivity contribution in [3.05, 3.63) is 118 Å². The van der Waals surface area contributed by atoms with Crippen LogP contribution in [0.3, 0.4) is 0 Å². The zero-order valence-electron chi connectivity index (χ0n) is 51.0. The van der Waals surface area contributed by atoms with Crippen LogP contribution in [-0.2, 0) is 25.6 Å². The van der Waals surface area contributed by atoms with Crippen molar-refractivity contribution in [2.75, 3.05) is 26.4 Å². The van der Waals surface area contributed by atoms with Crippen LogP contribution in [0.4, 0.5) is 43.9 Å². The third-order valence-electron chi connectivity index (χ3n) is 23.5. The van der Waals surface area contributed by atoms with E-state index in [0.29, 0.717) is 89.3 Å². The van der Waals surface area contributed by atoms with Crippen molar-refractivity contribution in [3.63, 3.8) is 0 Å². The molecular weight excluding hydrogens is 1160 g/mol. The summed E-state index contributed by atoms with van der Waals surface area (Å²) in [4.78, 5) is 0. The van der Waals surface area contributed by atoms with E-state index in [1.54, 1.807) is 12.1 Å². The molecule has 0 radical (unpaired) electrons. The fourth-order valence-electron chi connectivity index (χ4n) is 18.8. The molecule has 13 rings (SSSR count). The summed E-state index contributed by atoms with van der Waals surface area (Å²) >= 11 is 0.